The molecule has 0 spiro atoms. The summed E-state index contributed by atoms with van der Waals surface area (Å²) in [6.07, 6.45) is 0. The van der Waals surface area contributed by atoms with Crippen LogP contribution in [0.15, 0.2) is 47.4 Å². The highest BCUT2D eigenvalue weighted by Gasteiger charge is 2.15. The minimum atomic E-state index is -0.718. The molecule has 0 heterocycles. The first-order valence-corrected chi connectivity index (χ1v) is 7.97. The molecule has 1 atom stereocenters. The number of nitriles is 1. The summed E-state index contributed by atoms with van der Waals surface area (Å²) in [6.45, 7) is 1.41. The van der Waals surface area contributed by atoms with Crippen molar-refractivity contribution in [1.29, 1.82) is 5.26 Å². The first-order valence-electron chi connectivity index (χ1n) is 6.40. The largest absolute Gasteiger partial charge is 0.326 e. The molecule has 1 unspecified atom stereocenters. The van der Waals surface area contributed by atoms with Crippen molar-refractivity contribution in [2.24, 2.45) is 0 Å². The van der Waals surface area contributed by atoms with E-state index < -0.39 is 5.92 Å². The summed E-state index contributed by atoms with van der Waals surface area (Å²) in [6, 6.07) is 14.6. The van der Waals surface area contributed by atoms with E-state index in [1.54, 1.807) is 18.2 Å². The summed E-state index contributed by atoms with van der Waals surface area (Å²) >= 11 is 13.4. The Kier molecular flexibility index (Phi) is 5.73. The van der Waals surface area contributed by atoms with E-state index in [9.17, 15) is 4.79 Å². The molecule has 2 rings (SSSR count). The zero-order valence-corrected chi connectivity index (χ0v) is 14.0. The Morgan fingerprint density at radius 1 is 1.23 bits per heavy atom. The molecular weight excluding hydrogens is 339 g/mol. The third-order valence-corrected chi connectivity index (χ3v) is 4.80. The number of nitrogens with zero attached hydrogens (tertiary/aromatic N) is 1. The van der Waals surface area contributed by atoms with Crippen LogP contribution < -0.4 is 4.72 Å². The Bertz CT molecular complexity index is 726. The molecule has 6 heteroatoms. The molecule has 0 saturated carbocycles. The summed E-state index contributed by atoms with van der Waals surface area (Å²) in [5, 5.41) is 10.0. The van der Waals surface area contributed by atoms with Crippen LogP contribution in [-0.2, 0) is 4.79 Å². The monoisotopic (exact) mass is 350 g/mol. The highest BCUT2D eigenvalue weighted by atomic mass is 35.5. The number of hydrogen-bond acceptors (Lipinski definition) is 4. The summed E-state index contributed by atoms with van der Waals surface area (Å²) in [5.41, 5.74) is 1.52. The van der Waals surface area contributed by atoms with Crippen molar-refractivity contribution >= 4 is 46.6 Å². The molecule has 0 fully saturated rings. The topological polar surface area (TPSA) is 52.9 Å². The number of rotatable bonds is 5. The second kappa shape index (κ2) is 7.55. The maximum atomic E-state index is 11.4. The van der Waals surface area contributed by atoms with E-state index in [4.69, 9.17) is 28.5 Å². The smallest absolute Gasteiger partial charge is 0.151 e. The summed E-state index contributed by atoms with van der Waals surface area (Å²) < 4.78 is 3.15. The normalized spacial score (nSPS) is 11.5. The third kappa shape index (κ3) is 3.95. The highest BCUT2D eigenvalue weighted by molar-refractivity contribution is 8.00. The zero-order valence-electron chi connectivity index (χ0n) is 11.6. The minimum Gasteiger partial charge on any atom is -0.326 e. The molecule has 2 aromatic rings. The predicted octanol–water partition coefficient (Wildman–Crippen LogP) is 5.31. The quantitative estimate of drug-likeness (QED) is 0.742. The van der Waals surface area contributed by atoms with E-state index in [-0.39, 0.29) is 5.78 Å². The maximum Gasteiger partial charge on any atom is 0.151 e. The number of nitrogens with one attached hydrogen (secondary N) is 1. The minimum absolute atomic E-state index is 0.164. The lowest BCUT2D eigenvalue weighted by molar-refractivity contribution is -0.117. The molecule has 2 aromatic carbocycles. The number of benzene rings is 2. The van der Waals surface area contributed by atoms with Gasteiger partial charge in [-0.05, 0) is 48.7 Å². The maximum absolute atomic E-state index is 11.4. The molecule has 112 valence electrons. The second-order valence-corrected chi connectivity index (χ2v) is 6.18. The van der Waals surface area contributed by atoms with Crippen LogP contribution in [0.4, 0.5) is 5.69 Å². The fourth-order valence-electron chi connectivity index (χ4n) is 1.82. The van der Waals surface area contributed by atoms with Crippen LogP contribution in [-0.4, -0.2) is 5.78 Å². The van der Waals surface area contributed by atoms with Crippen LogP contribution in [0.25, 0.3) is 0 Å². The number of ketones is 1. The Balaban J connectivity index is 2.07. The van der Waals surface area contributed by atoms with Crippen LogP contribution in [0.3, 0.4) is 0 Å². The molecule has 0 aromatic heterocycles. The van der Waals surface area contributed by atoms with Crippen molar-refractivity contribution in [3.8, 4) is 6.07 Å². The van der Waals surface area contributed by atoms with Crippen LogP contribution >= 0.6 is 35.1 Å². The summed E-state index contributed by atoms with van der Waals surface area (Å²) in [7, 11) is 0. The number of anilines is 1. The predicted molar refractivity (Wildman–Crippen MR) is 91.4 cm³/mol. The van der Waals surface area contributed by atoms with Gasteiger partial charge in [-0.2, -0.15) is 5.26 Å². The summed E-state index contributed by atoms with van der Waals surface area (Å²) in [4.78, 5) is 12.2. The molecule has 22 heavy (non-hydrogen) atoms. The van der Waals surface area contributed by atoms with E-state index in [0.717, 1.165) is 10.6 Å². The highest BCUT2D eigenvalue weighted by Crippen LogP contribution is 2.33. The zero-order chi connectivity index (χ0) is 16.1. The molecular formula is C16H12Cl2N2OS. The van der Waals surface area contributed by atoms with Crippen LogP contribution in [0.2, 0.25) is 10.0 Å². The van der Waals surface area contributed by atoms with Gasteiger partial charge in [-0.15, -0.1) is 0 Å². The van der Waals surface area contributed by atoms with E-state index in [1.807, 2.05) is 30.3 Å². The van der Waals surface area contributed by atoms with Gasteiger partial charge in [-0.1, -0.05) is 41.4 Å². The van der Waals surface area contributed by atoms with Crippen molar-refractivity contribution in [2.45, 2.75) is 17.7 Å². The van der Waals surface area contributed by atoms with Gasteiger partial charge in [0.1, 0.15) is 5.92 Å². The second-order valence-electron chi connectivity index (χ2n) is 4.55. The Hall–Kier alpha value is -1.67. The van der Waals surface area contributed by atoms with Crippen LogP contribution in [0.5, 0.6) is 0 Å². The van der Waals surface area contributed by atoms with Gasteiger partial charge >= 0.3 is 0 Å². The average Bonchev–Trinajstić information content (AvgIpc) is 2.50. The molecule has 0 aliphatic rings. The van der Waals surface area contributed by atoms with Gasteiger partial charge in [0.25, 0.3) is 0 Å². The fourth-order valence-corrected chi connectivity index (χ4v) is 3.00. The van der Waals surface area contributed by atoms with Gasteiger partial charge in [-0.3, -0.25) is 4.79 Å². The molecule has 1 N–H and O–H groups in total. The number of halogens is 2. The lowest BCUT2D eigenvalue weighted by Crippen LogP contribution is -2.05. The first-order chi connectivity index (χ1) is 10.5. The summed E-state index contributed by atoms with van der Waals surface area (Å²) in [5.74, 6) is -0.882. The molecule has 0 aliphatic heterocycles. The van der Waals surface area contributed by atoms with Gasteiger partial charge in [0.15, 0.2) is 5.78 Å². The number of carbonyl (C=O) groups is 1. The van der Waals surface area contributed by atoms with E-state index in [1.165, 1.54) is 18.9 Å². The van der Waals surface area contributed by atoms with Crippen molar-refractivity contribution in [3.05, 3.63) is 58.1 Å². The fraction of sp³-hybridized carbons (Fsp3) is 0.125. The molecule has 0 bridgehead atoms. The van der Waals surface area contributed by atoms with Gasteiger partial charge in [0.05, 0.1) is 16.1 Å². The number of Topliss-reactive ketones (excluding diaryl/α,β-unsaturated/α-hetero) is 1. The van der Waals surface area contributed by atoms with Crippen molar-refractivity contribution in [1.82, 2.24) is 0 Å². The first kappa shape index (κ1) is 16.7. The molecule has 0 aliphatic carbocycles. The Labute approximate surface area is 143 Å². The SMILES string of the molecule is CC(=O)C(C#N)c1ccc(NSc2cccc(Cl)c2Cl)cc1. The molecule has 0 amide bonds. The van der Waals surface area contributed by atoms with Crippen molar-refractivity contribution in [2.75, 3.05) is 4.72 Å². The van der Waals surface area contributed by atoms with Gasteiger partial charge in [0.2, 0.25) is 0 Å². The van der Waals surface area contributed by atoms with Crippen molar-refractivity contribution in [3.63, 3.8) is 0 Å². The van der Waals surface area contributed by atoms with Crippen LogP contribution in [0.1, 0.15) is 18.4 Å². The Morgan fingerprint density at radius 3 is 2.50 bits per heavy atom. The van der Waals surface area contributed by atoms with E-state index in [2.05, 4.69) is 4.72 Å². The number of hydrogen-bond donors (Lipinski definition) is 1. The molecule has 0 saturated heterocycles. The van der Waals surface area contributed by atoms with Gasteiger partial charge in [-0.25, -0.2) is 0 Å². The van der Waals surface area contributed by atoms with Crippen LogP contribution in [0, 0.1) is 11.3 Å². The van der Waals surface area contributed by atoms with E-state index >= 15 is 0 Å². The molecule has 0 radical (unpaired) electrons. The Morgan fingerprint density at radius 2 is 1.91 bits per heavy atom. The lowest BCUT2D eigenvalue weighted by atomic mass is 9.97. The van der Waals surface area contributed by atoms with E-state index in [0.29, 0.717) is 15.6 Å². The standard InChI is InChI=1S/C16H12Cl2N2OS/c1-10(21)13(9-19)11-5-7-12(8-6-11)20-22-15-4-2-3-14(17)16(15)18/h2-8,13,20H,1H3. The van der Waals surface area contributed by atoms with Crippen molar-refractivity contribution < 1.29 is 4.79 Å². The third-order valence-electron chi connectivity index (χ3n) is 2.97. The average molecular weight is 351 g/mol. The van der Waals surface area contributed by atoms with Gasteiger partial charge < -0.3 is 4.72 Å². The van der Waals surface area contributed by atoms with Gasteiger partial charge in [0, 0.05) is 10.6 Å². The number of carbonyl (C=O) groups excluding carboxylic acids is 1. The lowest BCUT2D eigenvalue weighted by Gasteiger charge is -2.10. The molecule has 3 nitrogen and oxygen atoms in total.